The van der Waals surface area contributed by atoms with Crippen LogP contribution in [0.3, 0.4) is 0 Å². The summed E-state index contributed by atoms with van der Waals surface area (Å²) < 4.78 is 9.34. The largest absolute Gasteiger partial charge is 0.504 e. The van der Waals surface area contributed by atoms with E-state index in [2.05, 4.69) is 17.1 Å². The van der Waals surface area contributed by atoms with Gasteiger partial charge < -0.3 is 19.1 Å². The van der Waals surface area contributed by atoms with Gasteiger partial charge in [0.1, 0.15) is 0 Å². The lowest BCUT2D eigenvalue weighted by atomic mass is 10.2. The zero-order chi connectivity index (χ0) is 10.7. The molecule has 1 aromatic carbocycles. The molecular formula is C8H8O5S. The highest BCUT2D eigenvalue weighted by molar-refractivity contribution is 7.75. The van der Waals surface area contributed by atoms with Crippen LogP contribution in [0.25, 0.3) is 0 Å². The van der Waals surface area contributed by atoms with Crippen molar-refractivity contribution in [3.8, 4) is 17.2 Å². The fraction of sp³-hybridized carbons (Fsp3) is 0.125. The third-order valence-electron chi connectivity index (χ3n) is 1.58. The lowest BCUT2D eigenvalue weighted by Crippen LogP contribution is -1.97. The molecule has 0 radical (unpaired) electrons. The number of phenols is 1. The summed E-state index contributed by atoms with van der Waals surface area (Å²) >= 11 is 3.51. The van der Waals surface area contributed by atoms with E-state index in [4.69, 9.17) is 9.84 Å². The third-order valence-corrected chi connectivity index (χ3v) is 1.78. The molecule has 2 N–H and O–H groups in total. The number of rotatable bonds is 3. The second-order valence-corrected chi connectivity index (χ2v) is 2.61. The lowest BCUT2D eigenvalue weighted by molar-refractivity contribution is 0.0696. The number of benzene rings is 1. The first-order valence-electron chi connectivity index (χ1n) is 3.56. The van der Waals surface area contributed by atoms with Crippen LogP contribution in [-0.2, 0) is 0 Å². The van der Waals surface area contributed by atoms with Crippen molar-refractivity contribution in [1.29, 1.82) is 0 Å². The van der Waals surface area contributed by atoms with E-state index in [1.54, 1.807) is 0 Å². The van der Waals surface area contributed by atoms with Crippen LogP contribution in [0.4, 0.5) is 0 Å². The Kier molecular flexibility index (Phi) is 3.08. The summed E-state index contributed by atoms with van der Waals surface area (Å²) in [6.07, 6.45) is 0. The standard InChI is InChI=1S/C8H8O5S/c1-12-7-5(9)2-4(8(10)11)3-6(7)13-14/h2-3,9,14H,1H3,(H,10,11). The molecule has 0 heterocycles. The second kappa shape index (κ2) is 4.10. The number of methoxy groups -OCH3 is 1. The first-order valence-corrected chi connectivity index (χ1v) is 3.92. The first kappa shape index (κ1) is 10.5. The van der Waals surface area contributed by atoms with Gasteiger partial charge in [0.15, 0.2) is 11.5 Å². The van der Waals surface area contributed by atoms with Crippen LogP contribution < -0.4 is 8.92 Å². The molecule has 0 aliphatic carbocycles. The van der Waals surface area contributed by atoms with Crippen molar-refractivity contribution in [2.75, 3.05) is 7.11 Å². The van der Waals surface area contributed by atoms with Gasteiger partial charge in [-0.1, -0.05) is 0 Å². The maximum absolute atomic E-state index is 10.6. The van der Waals surface area contributed by atoms with E-state index >= 15 is 0 Å². The third kappa shape index (κ3) is 1.85. The van der Waals surface area contributed by atoms with Crippen LogP contribution in [0.5, 0.6) is 17.2 Å². The van der Waals surface area contributed by atoms with Crippen molar-refractivity contribution in [2.45, 2.75) is 0 Å². The SMILES string of the molecule is COc1c(O)cc(C(=O)O)cc1OS. The molecule has 76 valence electrons. The van der Waals surface area contributed by atoms with Crippen molar-refractivity contribution < 1.29 is 23.9 Å². The van der Waals surface area contributed by atoms with Crippen molar-refractivity contribution in [3.05, 3.63) is 17.7 Å². The molecule has 0 atom stereocenters. The fourth-order valence-corrected chi connectivity index (χ4v) is 1.12. The van der Waals surface area contributed by atoms with Gasteiger partial charge in [-0.05, 0) is 6.07 Å². The zero-order valence-electron chi connectivity index (χ0n) is 7.22. The molecule has 0 aliphatic rings. The van der Waals surface area contributed by atoms with E-state index in [9.17, 15) is 9.90 Å². The quantitative estimate of drug-likeness (QED) is 0.524. The van der Waals surface area contributed by atoms with Gasteiger partial charge in [-0.3, -0.25) is 0 Å². The number of ether oxygens (including phenoxy) is 1. The Morgan fingerprint density at radius 1 is 1.50 bits per heavy atom. The summed E-state index contributed by atoms with van der Waals surface area (Å²) in [7, 11) is 1.33. The molecule has 1 aromatic rings. The van der Waals surface area contributed by atoms with Crippen LogP contribution in [0.2, 0.25) is 0 Å². The smallest absolute Gasteiger partial charge is 0.335 e. The molecule has 0 amide bonds. The van der Waals surface area contributed by atoms with Crippen LogP contribution in [0.1, 0.15) is 10.4 Å². The van der Waals surface area contributed by atoms with E-state index in [1.807, 2.05) is 0 Å². The average molecular weight is 216 g/mol. The first-order chi connectivity index (χ1) is 6.60. The van der Waals surface area contributed by atoms with Gasteiger partial charge in [0.25, 0.3) is 0 Å². The van der Waals surface area contributed by atoms with Crippen LogP contribution in [0, 0.1) is 0 Å². The van der Waals surface area contributed by atoms with Gasteiger partial charge >= 0.3 is 5.97 Å². The van der Waals surface area contributed by atoms with E-state index in [0.29, 0.717) is 0 Å². The predicted octanol–water partition coefficient (Wildman–Crippen LogP) is 1.32. The van der Waals surface area contributed by atoms with Crippen LogP contribution >= 0.6 is 12.9 Å². The van der Waals surface area contributed by atoms with E-state index in [-0.39, 0.29) is 22.8 Å². The molecule has 0 unspecified atom stereocenters. The van der Waals surface area contributed by atoms with Crippen molar-refractivity contribution in [2.24, 2.45) is 0 Å². The Morgan fingerprint density at radius 3 is 2.57 bits per heavy atom. The minimum absolute atomic E-state index is 0.0463. The predicted molar refractivity (Wildman–Crippen MR) is 51.2 cm³/mol. The Bertz CT molecular complexity index is 363. The van der Waals surface area contributed by atoms with Gasteiger partial charge in [0.05, 0.1) is 12.7 Å². The zero-order valence-corrected chi connectivity index (χ0v) is 8.12. The van der Waals surface area contributed by atoms with Crippen LogP contribution in [0.15, 0.2) is 12.1 Å². The lowest BCUT2D eigenvalue weighted by Gasteiger charge is -2.08. The highest BCUT2D eigenvalue weighted by Gasteiger charge is 2.15. The molecule has 6 heteroatoms. The van der Waals surface area contributed by atoms with Crippen molar-refractivity contribution >= 4 is 18.9 Å². The molecule has 0 spiro atoms. The Morgan fingerprint density at radius 2 is 2.14 bits per heavy atom. The van der Waals surface area contributed by atoms with Crippen LogP contribution in [-0.4, -0.2) is 23.3 Å². The van der Waals surface area contributed by atoms with Gasteiger partial charge in [0.2, 0.25) is 5.75 Å². The number of hydrogen-bond donors (Lipinski definition) is 3. The molecule has 0 bridgehead atoms. The molecule has 0 aromatic heterocycles. The average Bonchev–Trinajstić information content (AvgIpc) is 2.16. The normalized spacial score (nSPS) is 9.57. The van der Waals surface area contributed by atoms with Gasteiger partial charge in [-0.15, -0.1) is 0 Å². The van der Waals surface area contributed by atoms with Crippen molar-refractivity contribution in [3.63, 3.8) is 0 Å². The van der Waals surface area contributed by atoms with Gasteiger partial charge in [-0.2, -0.15) is 0 Å². The number of carbonyl (C=O) groups is 1. The number of thiol groups is 1. The Hall–Kier alpha value is -1.56. The second-order valence-electron chi connectivity index (χ2n) is 2.42. The highest BCUT2D eigenvalue weighted by atomic mass is 32.1. The van der Waals surface area contributed by atoms with E-state index in [1.165, 1.54) is 13.2 Å². The molecular weight excluding hydrogens is 208 g/mol. The Balaban J connectivity index is 3.31. The number of hydrogen-bond acceptors (Lipinski definition) is 5. The van der Waals surface area contributed by atoms with Gasteiger partial charge in [0, 0.05) is 19.0 Å². The maximum Gasteiger partial charge on any atom is 0.335 e. The summed E-state index contributed by atoms with van der Waals surface area (Å²) in [4.78, 5) is 10.6. The van der Waals surface area contributed by atoms with Crippen molar-refractivity contribution in [1.82, 2.24) is 0 Å². The Labute approximate surface area is 85.5 Å². The molecule has 0 saturated carbocycles. The number of aromatic carboxylic acids is 1. The minimum atomic E-state index is -1.17. The summed E-state index contributed by atoms with van der Waals surface area (Å²) in [5.74, 6) is -1.38. The number of aromatic hydroxyl groups is 1. The molecule has 1 rings (SSSR count). The minimum Gasteiger partial charge on any atom is -0.504 e. The molecule has 14 heavy (non-hydrogen) atoms. The van der Waals surface area contributed by atoms with E-state index in [0.717, 1.165) is 6.07 Å². The monoisotopic (exact) mass is 216 g/mol. The number of carboxylic acid groups (broad SMARTS) is 1. The fourth-order valence-electron chi connectivity index (χ4n) is 0.984. The maximum atomic E-state index is 10.6. The summed E-state index contributed by atoms with van der Waals surface area (Å²) in [5.41, 5.74) is -0.104. The summed E-state index contributed by atoms with van der Waals surface area (Å²) in [5, 5.41) is 18.0. The summed E-state index contributed by atoms with van der Waals surface area (Å²) in [6, 6.07) is 2.27. The molecule has 0 aliphatic heterocycles. The topological polar surface area (TPSA) is 76.0 Å². The highest BCUT2D eigenvalue weighted by Crippen LogP contribution is 2.37. The number of carboxylic acids is 1. The molecule has 5 nitrogen and oxygen atoms in total. The summed E-state index contributed by atoms with van der Waals surface area (Å²) in [6.45, 7) is 0. The molecule has 0 fully saturated rings. The van der Waals surface area contributed by atoms with E-state index < -0.39 is 5.97 Å². The van der Waals surface area contributed by atoms with Gasteiger partial charge in [-0.25, -0.2) is 4.79 Å². The molecule has 0 saturated heterocycles. The number of phenolic OH excluding ortho intramolecular Hbond substituents is 1.